The number of hydrogen-bond acceptors (Lipinski definition) is 3. The Morgan fingerprint density at radius 3 is 2.48 bits per heavy atom. The molecule has 3 rings (SSSR count). The third kappa shape index (κ3) is 3.59. The van der Waals surface area contributed by atoms with Crippen LogP contribution >= 0.6 is 0 Å². The number of phenols is 1. The molecule has 6 heteroatoms. The number of benzene rings is 2. The summed E-state index contributed by atoms with van der Waals surface area (Å²) < 4.78 is 39.5. The van der Waals surface area contributed by atoms with Crippen molar-refractivity contribution in [3.05, 3.63) is 42.0 Å². The molecule has 0 aromatic heterocycles. The van der Waals surface area contributed by atoms with Crippen LogP contribution in [0.3, 0.4) is 0 Å². The Balaban J connectivity index is 2.10. The van der Waals surface area contributed by atoms with Crippen LogP contribution in [0.15, 0.2) is 36.4 Å². The number of phenolic OH excluding ortho intramolecular Hbond substituents is 1. The third-order valence-electron chi connectivity index (χ3n) is 4.30. The van der Waals surface area contributed by atoms with Gasteiger partial charge in [0.1, 0.15) is 5.75 Å². The van der Waals surface area contributed by atoms with Crippen molar-refractivity contribution in [3.8, 4) is 5.75 Å². The highest BCUT2D eigenvalue weighted by atomic mass is 19.4. The summed E-state index contributed by atoms with van der Waals surface area (Å²) in [7, 11) is 0. The number of piperazine rings is 1. The van der Waals surface area contributed by atoms with E-state index in [4.69, 9.17) is 0 Å². The summed E-state index contributed by atoms with van der Waals surface area (Å²) in [6.45, 7) is 2.37. The van der Waals surface area contributed by atoms with Crippen molar-refractivity contribution in [2.75, 3.05) is 26.2 Å². The van der Waals surface area contributed by atoms with Gasteiger partial charge in [-0.05, 0) is 16.8 Å². The molecule has 0 spiro atoms. The van der Waals surface area contributed by atoms with Crippen LogP contribution in [0.2, 0.25) is 0 Å². The summed E-state index contributed by atoms with van der Waals surface area (Å²) in [5, 5.41) is 15.0. The first-order valence-corrected chi connectivity index (χ1v) is 7.68. The SMILES string of the molecule is Oc1ccc2ccccc2c1[C@@H](CC(F)(F)F)N1CCNCC1. The van der Waals surface area contributed by atoms with Crippen LogP contribution in [0.4, 0.5) is 13.2 Å². The first kappa shape index (κ1) is 16.1. The van der Waals surface area contributed by atoms with Gasteiger partial charge >= 0.3 is 6.18 Å². The molecule has 2 aromatic rings. The molecule has 3 nitrogen and oxygen atoms in total. The second-order valence-corrected chi connectivity index (χ2v) is 5.84. The van der Waals surface area contributed by atoms with Gasteiger partial charge in [-0.25, -0.2) is 0 Å². The number of aromatic hydroxyl groups is 1. The molecule has 0 saturated carbocycles. The van der Waals surface area contributed by atoms with Gasteiger partial charge in [-0.15, -0.1) is 0 Å². The maximum Gasteiger partial charge on any atom is 0.390 e. The number of hydrogen-bond donors (Lipinski definition) is 2. The Morgan fingerprint density at radius 1 is 1.09 bits per heavy atom. The van der Waals surface area contributed by atoms with Crippen molar-refractivity contribution in [2.24, 2.45) is 0 Å². The fraction of sp³-hybridized carbons (Fsp3) is 0.412. The van der Waals surface area contributed by atoms with Crippen molar-refractivity contribution >= 4 is 10.8 Å². The van der Waals surface area contributed by atoms with Crippen LogP contribution in [0, 0.1) is 0 Å². The fourth-order valence-electron chi connectivity index (χ4n) is 3.26. The summed E-state index contributed by atoms with van der Waals surface area (Å²) in [5.41, 5.74) is 0.377. The highest BCUT2D eigenvalue weighted by Gasteiger charge is 2.37. The average molecular weight is 324 g/mol. The predicted molar refractivity (Wildman–Crippen MR) is 83.5 cm³/mol. The maximum absolute atomic E-state index is 13.2. The van der Waals surface area contributed by atoms with Crippen LogP contribution in [0.5, 0.6) is 5.75 Å². The lowest BCUT2D eigenvalue weighted by atomic mass is 9.94. The Labute approximate surface area is 132 Å². The second kappa shape index (κ2) is 6.37. The molecule has 0 radical (unpaired) electrons. The molecule has 1 heterocycles. The first-order valence-electron chi connectivity index (χ1n) is 7.68. The minimum absolute atomic E-state index is 0.0727. The zero-order valence-electron chi connectivity index (χ0n) is 12.6. The summed E-state index contributed by atoms with van der Waals surface area (Å²) in [6, 6.07) is 9.60. The number of rotatable bonds is 3. The number of nitrogens with one attached hydrogen (secondary N) is 1. The van der Waals surface area contributed by atoms with Gasteiger partial charge in [0.05, 0.1) is 6.42 Å². The molecule has 0 amide bonds. The average Bonchev–Trinajstić information content (AvgIpc) is 2.53. The molecule has 1 aliphatic rings. The number of halogens is 3. The monoisotopic (exact) mass is 324 g/mol. The van der Waals surface area contributed by atoms with E-state index in [1.807, 2.05) is 17.0 Å². The van der Waals surface area contributed by atoms with Crippen LogP contribution in [-0.2, 0) is 0 Å². The Hall–Kier alpha value is -1.79. The van der Waals surface area contributed by atoms with Gasteiger partial charge in [0, 0.05) is 37.8 Å². The van der Waals surface area contributed by atoms with Crippen LogP contribution in [-0.4, -0.2) is 42.4 Å². The smallest absolute Gasteiger partial charge is 0.390 e. The van der Waals surface area contributed by atoms with Gasteiger partial charge in [-0.3, -0.25) is 4.90 Å². The van der Waals surface area contributed by atoms with Crippen LogP contribution in [0.25, 0.3) is 10.8 Å². The lowest BCUT2D eigenvalue weighted by molar-refractivity contribution is -0.148. The van der Waals surface area contributed by atoms with E-state index in [0.29, 0.717) is 37.1 Å². The lowest BCUT2D eigenvalue weighted by Crippen LogP contribution is -2.46. The number of nitrogens with zero attached hydrogens (tertiary/aromatic N) is 1. The summed E-state index contributed by atoms with van der Waals surface area (Å²) in [6.07, 6.45) is -5.26. The zero-order valence-corrected chi connectivity index (χ0v) is 12.6. The van der Waals surface area contributed by atoms with Crippen LogP contribution < -0.4 is 5.32 Å². The summed E-state index contributed by atoms with van der Waals surface area (Å²) in [5.74, 6) is -0.0727. The fourth-order valence-corrected chi connectivity index (χ4v) is 3.26. The van der Waals surface area contributed by atoms with Gasteiger partial charge in [-0.1, -0.05) is 30.3 Å². The quantitative estimate of drug-likeness (QED) is 0.908. The minimum atomic E-state index is -4.29. The van der Waals surface area contributed by atoms with E-state index in [-0.39, 0.29) is 5.75 Å². The highest BCUT2D eigenvalue weighted by molar-refractivity contribution is 5.88. The Morgan fingerprint density at radius 2 is 1.78 bits per heavy atom. The van der Waals surface area contributed by atoms with E-state index in [1.165, 1.54) is 6.07 Å². The molecule has 1 fully saturated rings. The highest BCUT2D eigenvalue weighted by Crippen LogP contribution is 2.41. The molecular formula is C17H19F3N2O. The molecule has 0 bridgehead atoms. The molecule has 1 atom stereocenters. The van der Waals surface area contributed by atoms with Crippen molar-refractivity contribution in [1.82, 2.24) is 10.2 Å². The molecule has 124 valence electrons. The normalized spacial score (nSPS) is 18.2. The zero-order chi connectivity index (χ0) is 16.4. The van der Waals surface area contributed by atoms with Gasteiger partial charge in [-0.2, -0.15) is 13.2 Å². The van der Waals surface area contributed by atoms with Crippen molar-refractivity contribution in [1.29, 1.82) is 0 Å². The van der Waals surface area contributed by atoms with E-state index in [9.17, 15) is 18.3 Å². The van der Waals surface area contributed by atoms with E-state index in [1.54, 1.807) is 18.2 Å². The molecule has 1 saturated heterocycles. The summed E-state index contributed by atoms with van der Waals surface area (Å²) in [4.78, 5) is 1.81. The Bertz CT molecular complexity index is 681. The molecule has 2 N–H and O–H groups in total. The third-order valence-corrected chi connectivity index (χ3v) is 4.30. The van der Waals surface area contributed by atoms with E-state index in [2.05, 4.69) is 5.32 Å². The van der Waals surface area contributed by atoms with Crippen LogP contribution in [0.1, 0.15) is 18.0 Å². The van der Waals surface area contributed by atoms with Gasteiger partial charge in [0.2, 0.25) is 0 Å². The van der Waals surface area contributed by atoms with Gasteiger partial charge < -0.3 is 10.4 Å². The van der Waals surface area contributed by atoms with Gasteiger partial charge in [0.15, 0.2) is 0 Å². The van der Waals surface area contributed by atoms with Crippen molar-refractivity contribution < 1.29 is 18.3 Å². The Kier molecular flexibility index (Phi) is 4.46. The maximum atomic E-state index is 13.2. The molecular weight excluding hydrogens is 305 g/mol. The number of alkyl halides is 3. The van der Waals surface area contributed by atoms with Gasteiger partial charge in [0.25, 0.3) is 0 Å². The van der Waals surface area contributed by atoms with Crippen molar-refractivity contribution in [2.45, 2.75) is 18.6 Å². The van der Waals surface area contributed by atoms with E-state index >= 15 is 0 Å². The lowest BCUT2D eigenvalue weighted by Gasteiger charge is -2.36. The number of fused-ring (bicyclic) bond motifs is 1. The largest absolute Gasteiger partial charge is 0.508 e. The standard InChI is InChI=1S/C17H19F3N2O/c18-17(19,20)11-14(22-9-7-21-8-10-22)16-13-4-2-1-3-12(13)5-6-15(16)23/h1-6,14,21,23H,7-11H2/t14-/m1/s1. The predicted octanol–water partition coefficient (Wildman–Crippen LogP) is 3.44. The topological polar surface area (TPSA) is 35.5 Å². The molecule has 1 aliphatic heterocycles. The second-order valence-electron chi connectivity index (χ2n) is 5.84. The van der Waals surface area contributed by atoms with E-state index < -0.39 is 18.6 Å². The molecule has 2 aromatic carbocycles. The molecule has 0 aliphatic carbocycles. The molecule has 23 heavy (non-hydrogen) atoms. The minimum Gasteiger partial charge on any atom is -0.508 e. The van der Waals surface area contributed by atoms with Crippen molar-refractivity contribution in [3.63, 3.8) is 0 Å². The molecule has 0 unspecified atom stereocenters. The first-order chi connectivity index (χ1) is 11.0. The summed E-state index contributed by atoms with van der Waals surface area (Å²) >= 11 is 0. The van der Waals surface area contributed by atoms with E-state index in [0.717, 1.165) is 5.39 Å².